The van der Waals surface area contributed by atoms with Gasteiger partial charge in [0.05, 0.1) is 0 Å². The van der Waals surface area contributed by atoms with Gasteiger partial charge in [-0.05, 0) is 56.5 Å². The molecule has 1 N–H and O–H groups in total. The van der Waals surface area contributed by atoms with Gasteiger partial charge in [-0.2, -0.15) is 0 Å². The smallest absolute Gasteiger partial charge is 0.0220 e. The van der Waals surface area contributed by atoms with E-state index in [1.165, 1.54) is 51.7 Å². The lowest BCUT2D eigenvalue weighted by molar-refractivity contribution is 0.101. The first-order valence-corrected chi connectivity index (χ1v) is 8.57. The molecule has 0 radical (unpaired) electrons. The summed E-state index contributed by atoms with van der Waals surface area (Å²) in [7, 11) is 0. The summed E-state index contributed by atoms with van der Waals surface area (Å²) in [4.78, 5) is 2.82. The highest BCUT2D eigenvalue weighted by Crippen LogP contribution is 2.32. The highest BCUT2D eigenvalue weighted by atomic mass is 15.2. The molecule has 19 heavy (non-hydrogen) atoms. The van der Waals surface area contributed by atoms with Crippen molar-refractivity contribution in [3.63, 3.8) is 0 Å². The molecular formula is C17H34N2. The number of nitrogens with zero attached hydrogens (tertiary/aromatic N) is 1. The molecule has 4 unspecified atom stereocenters. The van der Waals surface area contributed by atoms with Crippen LogP contribution < -0.4 is 5.32 Å². The van der Waals surface area contributed by atoms with E-state index in [1.807, 2.05) is 0 Å². The van der Waals surface area contributed by atoms with Crippen LogP contribution in [0.15, 0.2) is 0 Å². The van der Waals surface area contributed by atoms with Gasteiger partial charge in [-0.1, -0.05) is 34.1 Å². The SMILES string of the molecule is CCC(C)C1CN(C2CC(C)CC(C)C2)CCCN1. The van der Waals surface area contributed by atoms with E-state index < -0.39 is 0 Å². The normalized spacial score (nSPS) is 39.8. The molecule has 1 saturated heterocycles. The summed E-state index contributed by atoms with van der Waals surface area (Å²) in [5, 5.41) is 3.78. The maximum atomic E-state index is 3.78. The van der Waals surface area contributed by atoms with Gasteiger partial charge in [-0.25, -0.2) is 0 Å². The van der Waals surface area contributed by atoms with Crippen molar-refractivity contribution >= 4 is 0 Å². The van der Waals surface area contributed by atoms with Gasteiger partial charge in [-0.3, -0.25) is 4.90 Å². The Labute approximate surface area is 120 Å². The second-order valence-corrected chi connectivity index (χ2v) is 7.37. The molecule has 0 aromatic rings. The molecule has 4 atom stereocenters. The second-order valence-electron chi connectivity index (χ2n) is 7.37. The van der Waals surface area contributed by atoms with Gasteiger partial charge < -0.3 is 5.32 Å². The van der Waals surface area contributed by atoms with Gasteiger partial charge in [-0.15, -0.1) is 0 Å². The van der Waals surface area contributed by atoms with E-state index in [1.54, 1.807) is 0 Å². The maximum Gasteiger partial charge on any atom is 0.0220 e. The molecule has 1 heterocycles. The summed E-state index contributed by atoms with van der Waals surface area (Å²) in [5.74, 6) is 2.65. The van der Waals surface area contributed by atoms with Gasteiger partial charge in [0.25, 0.3) is 0 Å². The summed E-state index contributed by atoms with van der Waals surface area (Å²) in [6.45, 7) is 13.4. The summed E-state index contributed by atoms with van der Waals surface area (Å²) >= 11 is 0. The van der Waals surface area contributed by atoms with Gasteiger partial charge in [0.15, 0.2) is 0 Å². The van der Waals surface area contributed by atoms with Crippen LogP contribution in [0.1, 0.15) is 59.8 Å². The fraction of sp³-hybridized carbons (Fsp3) is 1.00. The van der Waals surface area contributed by atoms with Crippen LogP contribution >= 0.6 is 0 Å². The van der Waals surface area contributed by atoms with E-state index in [0.717, 1.165) is 23.8 Å². The largest absolute Gasteiger partial charge is 0.312 e. The van der Waals surface area contributed by atoms with Gasteiger partial charge in [0.2, 0.25) is 0 Å². The lowest BCUT2D eigenvalue weighted by Gasteiger charge is -2.40. The first-order valence-electron chi connectivity index (χ1n) is 8.57. The average Bonchev–Trinajstić information content (AvgIpc) is 2.62. The van der Waals surface area contributed by atoms with Crippen molar-refractivity contribution in [2.24, 2.45) is 17.8 Å². The maximum absolute atomic E-state index is 3.78. The van der Waals surface area contributed by atoms with Crippen LogP contribution in [0.3, 0.4) is 0 Å². The quantitative estimate of drug-likeness (QED) is 0.841. The molecule has 0 bridgehead atoms. The van der Waals surface area contributed by atoms with Crippen LogP contribution in [0.5, 0.6) is 0 Å². The molecule has 2 nitrogen and oxygen atoms in total. The van der Waals surface area contributed by atoms with E-state index >= 15 is 0 Å². The summed E-state index contributed by atoms with van der Waals surface area (Å²) in [6.07, 6.45) is 6.92. The standard InChI is InChI=1S/C17H34N2/c1-5-15(4)17-12-19(8-6-7-18-17)16-10-13(2)9-14(3)11-16/h13-18H,5-12H2,1-4H3. The van der Waals surface area contributed by atoms with Gasteiger partial charge >= 0.3 is 0 Å². The number of nitrogens with one attached hydrogen (secondary N) is 1. The van der Waals surface area contributed by atoms with Crippen molar-refractivity contribution in [3.05, 3.63) is 0 Å². The molecular weight excluding hydrogens is 232 g/mol. The predicted molar refractivity (Wildman–Crippen MR) is 83.4 cm³/mol. The molecule has 2 aliphatic rings. The number of hydrogen-bond donors (Lipinski definition) is 1. The first kappa shape index (κ1) is 15.3. The monoisotopic (exact) mass is 266 g/mol. The molecule has 0 aromatic heterocycles. The van der Waals surface area contributed by atoms with Crippen LogP contribution in [0.2, 0.25) is 0 Å². The van der Waals surface area contributed by atoms with Crippen molar-refractivity contribution < 1.29 is 0 Å². The molecule has 1 aliphatic carbocycles. The molecule has 0 spiro atoms. The molecule has 0 aromatic carbocycles. The lowest BCUT2D eigenvalue weighted by Crippen LogP contribution is -2.47. The van der Waals surface area contributed by atoms with Crippen LogP contribution in [0.25, 0.3) is 0 Å². The Kier molecular flexibility index (Phi) is 5.70. The van der Waals surface area contributed by atoms with Crippen molar-refractivity contribution in [1.82, 2.24) is 10.2 Å². The molecule has 1 aliphatic heterocycles. The lowest BCUT2D eigenvalue weighted by atomic mass is 9.79. The first-order chi connectivity index (χ1) is 9.10. The molecule has 112 valence electrons. The Bertz CT molecular complexity index is 256. The van der Waals surface area contributed by atoms with Gasteiger partial charge in [0.1, 0.15) is 0 Å². The van der Waals surface area contributed by atoms with E-state index in [2.05, 4.69) is 37.9 Å². The fourth-order valence-electron chi connectivity index (χ4n) is 4.18. The van der Waals surface area contributed by atoms with Crippen LogP contribution in [0, 0.1) is 17.8 Å². The molecule has 2 fully saturated rings. The van der Waals surface area contributed by atoms with Crippen LogP contribution in [-0.4, -0.2) is 36.6 Å². The molecule has 2 rings (SSSR count). The Morgan fingerprint density at radius 2 is 1.84 bits per heavy atom. The highest BCUT2D eigenvalue weighted by Gasteiger charge is 2.31. The number of rotatable bonds is 3. The van der Waals surface area contributed by atoms with Gasteiger partial charge in [0, 0.05) is 18.6 Å². The zero-order valence-electron chi connectivity index (χ0n) is 13.5. The molecule has 2 heteroatoms. The summed E-state index contributed by atoms with van der Waals surface area (Å²) in [6, 6.07) is 1.56. The summed E-state index contributed by atoms with van der Waals surface area (Å²) in [5.41, 5.74) is 0. The van der Waals surface area contributed by atoms with E-state index in [-0.39, 0.29) is 0 Å². The number of hydrogen-bond acceptors (Lipinski definition) is 2. The third kappa shape index (κ3) is 4.19. The van der Waals surface area contributed by atoms with Crippen molar-refractivity contribution in [2.75, 3.05) is 19.6 Å². The zero-order valence-corrected chi connectivity index (χ0v) is 13.5. The Morgan fingerprint density at radius 1 is 1.16 bits per heavy atom. The Morgan fingerprint density at radius 3 is 2.47 bits per heavy atom. The van der Waals surface area contributed by atoms with E-state index in [9.17, 15) is 0 Å². The second kappa shape index (κ2) is 7.08. The minimum absolute atomic E-state index is 0.708. The third-order valence-electron chi connectivity index (χ3n) is 5.46. The zero-order chi connectivity index (χ0) is 13.8. The fourth-order valence-corrected chi connectivity index (χ4v) is 4.18. The van der Waals surface area contributed by atoms with E-state index in [4.69, 9.17) is 0 Å². The van der Waals surface area contributed by atoms with E-state index in [0.29, 0.717) is 6.04 Å². The Balaban J connectivity index is 1.97. The summed E-state index contributed by atoms with van der Waals surface area (Å²) < 4.78 is 0. The molecule has 1 saturated carbocycles. The topological polar surface area (TPSA) is 15.3 Å². The predicted octanol–water partition coefficient (Wildman–Crippen LogP) is 3.52. The van der Waals surface area contributed by atoms with Crippen molar-refractivity contribution in [3.8, 4) is 0 Å². The van der Waals surface area contributed by atoms with Crippen molar-refractivity contribution in [1.29, 1.82) is 0 Å². The molecule has 0 amide bonds. The highest BCUT2D eigenvalue weighted by molar-refractivity contribution is 4.87. The Hall–Kier alpha value is -0.0800. The minimum atomic E-state index is 0.708. The van der Waals surface area contributed by atoms with Crippen molar-refractivity contribution in [2.45, 2.75) is 71.9 Å². The third-order valence-corrected chi connectivity index (χ3v) is 5.46. The van der Waals surface area contributed by atoms with Crippen LogP contribution in [0.4, 0.5) is 0 Å². The average molecular weight is 266 g/mol. The minimum Gasteiger partial charge on any atom is -0.312 e. The van der Waals surface area contributed by atoms with Crippen LogP contribution in [-0.2, 0) is 0 Å².